The lowest BCUT2D eigenvalue weighted by atomic mass is 10.1. The maximum Gasteiger partial charge on any atom is 0.275 e. The van der Waals surface area contributed by atoms with Crippen molar-refractivity contribution in [2.45, 2.75) is 0 Å². The van der Waals surface area contributed by atoms with Crippen molar-refractivity contribution in [1.29, 1.82) is 0 Å². The van der Waals surface area contributed by atoms with Gasteiger partial charge in [0.05, 0.1) is 16.6 Å². The molecule has 24 heavy (non-hydrogen) atoms. The fraction of sp³-hybridized carbons (Fsp3) is 0.0588. The Morgan fingerprint density at radius 1 is 1.25 bits per heavy atom. The van der Waals surface area contributed by atoms with Crippen molar-refractivity contribution in [2.24, 2.45) is 4.99 Å². The summed E-state index contributed by atoms with van der Waals surface area (Å²) in [6.07, 6.45) is 1.67. The van der Waals surface area contributed by atoms with Crippen molar-refractivity contribution in [3.05, 3.63) is 67.2 Å². The first-order valence-electron chi connectivity index (χ1n) is 6.89. The summed E-state index contributed by atoms with van der Waals surface area (Å²) in [7, 11) is 1.57. The van der Waals surface area contributed by atoms with Crippen molar-refractivity contribution in [3.8, 4) is 5.75 Å². The minimum Gasteiger partial charge on any atom is -0.495 e. The Morgan fingerprint density at radius 3 is 2.71 bits per heavy atom. The second-order valence-electron chi connectivity index (χ2n) is 4.93. The number of ether oxygens (including phenoxy) is 1. The van der Waals surface area contributed by atoms with Gasteiger partial charge in [-0.15, -0.1) is 0 Å². The van der Waals surface area contributed by atoms with E-state index >= 15 is 0 Å². The van der Waals surface area contributed by atoms with Gasteiger partial charge < -0.3 is 10.1 Å². The summed E-state index contributed by atoms with van der Waals surface area (Å²) >= 11 is 13.0. The number of hydrogen-bond donors (Lipinski definition) is 1. The molecule has 1 heterocycles. The Bertz CT molecular complexity index is 894. The van der Waals surface area contributed by atoms with Crippen LogP contribution >= 0.6 is 43.5 Å². The first kappa shape index (κ1) is 17.2. The normalized spacial score (nSPS) is 15.4. The molecule has 1 aliphatic rings. The van der Waals surface area contributed by atoms with Gasteiger partial charge in [0.15, 0.2) is 0 Å². The lowest BCUT2D eigenvalue weighted by Crippen LogP contribution is -2.24. The molecule has 4 nitrogen and oxygen atoms in total. The Labute approximate surface area is 160 Å². The van der Waals surface area contributed by atoms with Gasteiger partial charge in [-0.3, -0.25) is 4.79 Å². The monoisotopic (exact) mass is 468 g/mol. The molecule has 3 rings (SSSR count). The topological polar surface area (TPSA) is 50.7 Å². The predicted molar refractivity (Wildman–Crippen MR) is 103 cm³/mol. The van der Waals surface area contributed by atoms with Crippen LogP contribution in [0.3, 0.4) is 0 Å². The molecule has 1 amide bonds. The molecular formula is C17H11Br2ClN2O2. The van der Waals surface area contributed by atoms with Crippen molar-refractivity contribution in [2.75, 3.05) is 7.11 Å². The highest BCUT2D eigenvalue weighted by Crippen LogP contribution is 2.34. The third-order valence-electron chi connectivity index (χ3n) is 3.36. The number of aliphatic imine (C=N–C) groups is 1. The molecule has 0 fully saturated rings. The van der Waals surface area contributed by atoms with E-state index in [0.717, 1.165) is 14.5 Å². The summed E-state index contributed by atoms with van der Waals surface area (Å²) in [5, 5.41) is 3.27. The van der Waals surface area contributed by atoms with E-state index in [-0.39, 0.29) is 11.6 Å². The second-order valence-corrected chi connectivity index (χ2v) is 7.11. The van der Waals surface area contributed by atoms with Crippen LogP contribution < -0.4 is 10.1 Å². The molecule has 0 saturated carbocycles. The van der Waals surface area contributed by atoms with Crippen LogP contribution in [0.4, 0.5) is 0 Å². The van der Waals surface area contributed by atoms with E-state index in [4.69, 9.17) is 16.3 Å². The van der Waals surface area contributed by atoms with Crippen molar-refractivity contribution in [3.63, 3.8) is 0 Å². The molecule has 1 aliphatic heterocycles. The average molecular weight is 471 g/mol. The number of benzene rings is 2. The zero-order chi connectivity index (χ0) is 17.3. The Kier molecular flexibility index (Phi) is 5.08. The number of nitrogens with one attached hydrogen (secondary N) is 1. The highest BCUT2D eigenvalue weighted by Gasteiger charge is 2.23. The fourth-order valence-corrected chi connectivity index (χ4v) is 3.94. The SMILES string of the molecule is COc1c(Br)cc(Br)cc1/C=C1/N=C(c2ccccc2Cl)NC1=O. The second kappa shape index (κ2) is 7.09. The minimum atomic E-state index is -0.289. The van der Waals surface area contributed by atoms with E-state index in [1.54, 1.807) is 25.3 Å². The molecule has 7 heteroatoms. The van der Waals surface area contributed by atoms with E-state index in [0.29, 0.717) is 22.2 Å². The largest absolute Gasteiger partial charge is 0.495 e. The van der Waals surface area contributed by atoms with Crippen LogP contribution in [0.5, 0.6) is 5.75 Å². The van der Waals surface area contributed by atoms with Crippen LogP contribution in [0, 0.1) is 0 Å². The van der Waals surface area contributed by atoms with Crippen LogP contribution in [0.1, 0.15) is 11.1 Å². The fourth-order valence-electron chi connectivity index (χ4n) is 2.30. The van der Waals surface area contributed by atoms with Gasteiger partial charge in [0.2, 0.25) is 0 Å². The molecule has 0 radical (unpaired) electrons. The number of nitrogens with zero attached hydrogens (tertiary/aromatic N) is 1. The molecule has 0 unspecified atom stereocenters. The van der Waals surface area contributed by atoms with Crippen molar-refractivity contribution < 1.29 is 9.53 Å². The summed E-state index contributed by atoms with van der Waals surface area (Å²) < 4.78 is 7.03. The van der Waals surface area contributed by atoms with Gasteiger partial charge in [0.1, 0.15) is 17.3 Å². The van der Waals surface area contributed by atoms with Crippen LogP contribution in [0.15, 0.2) is 56.0 Å². The number of hydrogen-bond acceptors (Lipinski definition) is 3. The molecule has 0 aromatic heterocycles. The number of carbonyl (C=O) groups excluding carboxylic acids is 1. The van der Waals surface area contributed by atoms with E-state index in [1.807, 2.05) is 24.3 Å². The number of halogens is 3. The van der Waals surface area contributed by atoms with E-state index in [2.05, 4.69) is 42.2 Å². The van der Waals surface area contributed by atoms with E-state index in [1.165, 1.54) is 0 Å². The summed E-state index contributed by atoms with van der Waals surface area (Å²) in [6, 6.07) is 10.9. The number of amides is 1. The van der Waals surface area contributed by atoms with Gasteiger partial charge in [-0.25, -0.2) is 4.99 Å². The Balaban J connectivity index is 2.06. The van der Waals surface area contributed by atoms with Gasteiger partial charge in [-0.1, -0.05) is 39.7 Å². The number of methoxy groups -OCH3 is 1. The molecule has 0 spiro atoms. The number of rotatable bonds is 3. The summed E-state index contributed by atoms with van der Waals surface area (Å²) in [6.45, 7) is 0. The lowest BCUT2D eigenvalue weighted by molar-refractivity contribution is -0.115. The molecular weight excluding hydrogens is 459 g/mol. The molecule has 0 bridgehead atoms. The zero-order valence-electron chi connectivity index (χ0n) is 12.4. The molecule has 0 aliphatic carbocycles. The van der Waals surface area contributed by atoms with Crippen LogP contribution in [0.25, 0.3) is 6.08 Å². The predicted octanol–water partition coefficient (Wildman–Crippen LogP) is 4.79. The first-order valence-corrected chi connectivity index (χ1v) is 8.85. The Morgan fingerprint density at radius 2 is 2.00 bits per heavy atom. The van der Waals surface area contributed by atoms with Gasteiger partial charge in [-0.05, 0) is 46.3 Å². The number of amidine groups is 1. The molecule has 0 atom stereocenters. The van der Waals surface area contributed by atoms with Crippen LogP contribution in [0.2, 0.25) is 5.02 Å². The summed E-state index contributed by atoms with van der Waals surface area (Å²) in [5.41, 5.74) is 1.69. The van der Waals surface area contributed by atoms with Gasteiger partial charge in [0, 0.05) is 15.6 Å². The maximum absolute atomic E-state index is 12.2. The third kappa shape index (κ3) is 3.41. The first-order chi connectivity index (χ1) is 11.5. The van der Waals surface area contributed by atoms with Crippen LogP contribution in [-0.4, -0.2) is 18.9 Å². The average Bonchev–Trinajstić information content (AvgIpc) is 2.88. The maximum atomic E-state index is 12.2. The highest BCUT2D eigenvalue weighted by molar-refractivity contribution is 9.11. The van der Waals surface area contributed by atoms with E-state index in [9.17, 15) is 4.79 Å². The minimum absolute atomic E-state index is 0.285. The van der Waals surface area contributed by atoms with Gasteiger partial charge >= 0.3 is 0 Å². The van der Waals surface area contributed by atoms with Gasteiger partial charge in [-0.2, -0.15) is 0 Å². The molecule has 2 aromatic carbocycles. The third-order valence-corrected chi connectivity index (χ3v) is 4.74. The molecule has 0 saturated heterocycles. The van der Waals surface area contributed by atoms with E-state index < -0.39 is 0 Å². The molecule has 122 valence electrons. The lowest BCUT2D eigenvalue weighted by Gasteiger charge is -2.08. The molecule has 2 aromatic rings. The smallest absolute Gasteiger partial charge is 0.275 e. The summed E-state index contributed by atoms with van der Waals surface area (Å²) in [5.74, 6) is 0.771. The number of carbonyl (C=O) groups is 1. The van der Waals surface area contributed by atoms with Crippen molar-refractivity contribution in [1.82, 2.24) is 5.32 Å². The zero-order valence-corrected chi connectivity index (χ0v) is 16.4. The summed E-state index contributed by atoms with van der Waals surface area (Å²) in [4.78, 5) is 16.6. The Hall–Kier alpha value is -1.63. The highest BCUT2D eigenvalue weighted by atomic mass is 79.9. The van der Waals surface area contributed by atoms with Crippen molar-refractivity contribution >= 4 is 61.3 Å². The van der Waals surface area contributed by atoms with Crippen LogP contribution in [-0.2, 0) is 4.79 Å². The quantitative estimate of drug-likeness (QED) is 0.656. The van der Waals surface area contributed by atoms with Gasteiger partial charge in [0.25, 0.3) is 5.91 Å². The molecule has 1 N–H and O–H groups in total. The standard InChI is InChI=1S/C17H11Br2ClN2O2/c1-24-15-9(6-10(18)8-12(15)19)7-14-17(23)22-16(21-14)11-4-2-3-5-13(11)20/h2-8H,1H3,(H,21,22,23)/b14-7+.